The molecule has 1 aliphatic heterocycles. The van der Waals surface area contributed by atoms with Crippen molar-refractivity contribution in [3.05, 3.63) is 46.5 Å². The van der Waals surface area contributed by atoms with Gasteiger partial charge in [0.15, 0.2) is 5.13 Å². The number of anilines is 1. The maximum absolute atomic E-state index is 5.71. The molecule has 1 aromatic carbocycles. The smallest absolute Gasteiger partial charge is 0.180 e. The van der Waals surface area contributed by atoms with E-state index in [1.54, 1.807) is 11.3 Å². The highest BCUT2D eigenvalue weighted by molar-refractivity contribution is 7.15. The molecule has 0 amide bonds. The fourth-order valence-electron chi connectivity index (χ4n) is 2.99. The topological polar surface area (TPSA) is 42.2 Å². The standard InChI is InChI=1S/C16H21N3S/c1-11-3-5-13(6-4-11)14-7-12(2)19(9-14)10-15-8-18-16(17)20-15/h3-6,8,12,14H,7,9-10H2,1-2H3,(H2,17,18). The predicted octanol–water partition coefficient (Wildman–Crippen LogP) is 3.41. The molecular formula is C16H21N3S. The van der Waals surface area contributed by atoms with E-state index in [0.717, 1.165) is 13.1 Å². The first kappa shape index (κ1) is 13.6. The minimum Gasteiger partial charge on any atom is -0.375 e. The van der Waals surface area contributed by atoms with Crippen LogP contribution >= 0.6 is 11.3 Å². The van der Waals surface area contributed by atoms with Crippen LogP contribution in [0, 0.1) is 6.92 Å². The van der Waals surface area contributed by atoms with Crippen LogP contribution in [-0.4, -0.2) is 22.5 Å². The Hall–Kier alpha value is -1.39. The summed E-state index contributed by atoms with van der Waals surface area (Å²) in [6.45, 7) is 6.56. The number of nitrogens with two attached hydrogens (primary N) is 1. The highest BCUT2D eigenvalue weighted by atomic mass is 32.1. The van der Waals surface area contributed by atoms with Gasteiger partial charge in [0.05, 0.1) is 0 Å². The van der Waals surface area contributed by atoms with E-state index in [2.05, 4.69) is 48.0 Å². The quantitative estimate of drug-likeness (QED) is 0.940. The maximum Gasteiger partial charge on any atom is 0.180 e. The molecule has 0 aliphatic carbocycles. The predicted molar refractivity (Wildman–Crippen MR) is 84.9 cm³/mol. The van der Waals surface area contributed by atoms with E-state index >= 15 is 0 Å². The first-order valence-corrected chi connectivity index (χ1v) is 7.94. The Labute approximate surface area is 124 Å². The summed E-state index contributed by atoms with van der Waals surface area (Å²) in [4.78, 5) is 7.94. The molecule has 2 aromatic rings. The summed E-state index contributed by atoms with van der Waals surface area (Å²) in [5, 5.41) is 0.668. The van der Waals surface area contributed by atoms with E-state index in [-0.39, 0.29) is 0 Å². The van der Waals surface area contributed by atoms with Gasteiger partial charge >= 0.3 is 0 Å². The molecule has 1 saturated heterocycles. The molecule has 2 N–H and O–H groups in total. The lowest BCUT2D eigenvalue weighted by molar-refractivity contribution is 0.261. The van der Waals surface area contributed by atoms with E-state index in [9.17, 15) is 0 Å². The van der Waals surface area contributed by atoms with Crippen molar-refractivity contribution >= 4 is 16.5 Å². The molecule has 0 saturated carbocycles. The average Bonchev–Trinajstić information content (AvgIpc) is 2.98. The van der Waals surface area contributed by atoms with Crippen molar-refractivity contribution in [2.75, 3.05) is 12.3 Å². The lowest BCUT2D eigenvalue weighted by Crippen LogP contribution is -2.26. The van der Waals surface area contributed by atoms with Crippen LogP contribution in [0.4, 0.5) is 5.13 Å². The van der Waals surface area contributed by atoms with E-state index < -0.39 is 0 Å². The molecule has 0 bridgehead atoms. The summed E-state index contributed by atoms with van der Waals surface area (Å²) in [7, 11) is 0. The van der Waals surface area contributed by atoms with Gasteiger partial charge < -0.3 is 5.73 Å². The van der Waals surface area contributed by atoms with E-state index in [1.807, 2.05) is 6.20 Å². The van der Waals surface area contributed by atoms with Gasteiger partial charge in [-0.05, 0) is 31.7 Å². The Morgan fingerprint density at radius 2 is 2.10 bits per heavy atom. The number of rotatable bonds is 3. The lowest BCUT2D eigenvalue weighted by atomic mass is 9.96. The zero-order chi connectivity index (χ0) is 14.1. The number of benzene rings is 1. The number of aryl methyl sites for hydroxylation is 1. The molecule has 2 heterocycles. The number of hydrogen-bond acceptors (Lipinski definition) is 4. The fraction of sp³-hybridized carbons (Fsp3) is 0.438. The van der Waals surface area contributed by atoms with Gasteiger partial charge in [-0.25, -0.2) is 4.98 Å². The third-order valence-electron chi connectivity index (χ3n) is 4.18. The summed E-state index contributed by atoms with van der Waals surface area (Å²) >= 11 is 1.60. The SMILES string of the molecule is Cc1ccc(C2CC(C)N(Cc3cnc(N)s3)C2)cc1. The fourth-order valence-corrected chi connectivity index (χ4v) is 3.70. The summed E-state index contributed by atoms with van der Waals surface area (Å²) in [6.07, 6.45) is 3.14. The minimum absolute atomic E-state index is 0.615. The van der Waals surface area contributed by atoms with Gasteiger partial charge in [0.25, 0.3) is 0 Å². The Morgan fingerprint density at radius 3 is 2.75 bits per heavy atom. The molecule has 1 aliphatic rings. The molecule has 4 heteroatoms. The Kier molecular flexibility index (Phi) is 3.76. The van der Waals surface area contributed by atoms with Crippen LogP contribution in [0.25, 0.3) is 0 Å². The van der Waals surface area contributed by atoms with Crippen LogP contribution in [0.5, 0.6) is 0 Å². The van der Waals surface area contributed by atoms with Crippen LogP contribution in [0.1, 0.15) is 35.3 Å². The summed E-state index contributed by atoms with van der Waals surface area (Å²) in [5.74, 6) is 0.649. The Morgan fingerprint density at radius 1 is 1.35 bits per heavy atom. The molecule has 2 unspecified atom stereocenters. The average molecular weight is 287 g/mol. The van der Waals surface area contributed by atoms with E-state index in [0.29, 0.717) is 17.1 Å². The largest absolute Gasteiger partial charge is 0.375 e. The Bertz CT molecular complexity index is 576. The molecule has 1 fully saturated rings. The van der Waals surface area contributed by atoms with Gasteiger partial charge in [0.2, 0.25) is 0 Å². The van der Waals surface area contributed by atoms with Gasteiger partial charge in [-0.2, -0.15) is 0 Å². The van der Waals surface area contributed by atoms with Crippen molar-refractivity contribution < 1.29 is 0 Å². The third kappa shape index (κ3) is 2.86. The zero-order valence-electron chi connectivity index (χ0n) is 12.0. The van der Waals surface area contributed by atoms with Crippen molar-refractivity contribution in [1.29, 1.82) is 0 Å². The van der Waals surface area contributed by atoms with Crippen molar-refractivity contribution in [3.63, 3.8) is 0 Å². The summed E-state index contributed by atoms with van der Waals surface area (Å²) in [6, 6.07) is 9.60. The second kappa shape index (κ2) is 5.54. The third-order valence-corrected chi connectivity index (χ3v) is 4.99. The monoisotopic (exact) mass is 287 g/mol. The molecule has 20 heavy (non-hydrogen) atoms. The number of nitrogens with zero attached hydrogens (tertiary/aromatic N) is 2. The van der Waals surface area contributed by atoms with Crippen LogP contribution in [0.3, 0.4) is 0 Å². The van der Waals surface area contributed by atoms with Gasteiger partial charge in [-0.15, -0.1) is 11.3 Å². The first-order chi connectivity index (χ1) is 9.61. The number of aromatic nitrogens is 1. The Balaban J connectivity index is 1.68. The van der Waals surface area contributed by atoms with Crippen molar-refractivity contribution in [1.82, 2.24) is 9.88 Å². The number of hydrogen-bond donors (Lipinski definition) is 1. The zero-order valence-corrected chi connectivity index (χ0v) is 12.9. The van der Waals surface area contributed by atoms with Crippen molar-refractivity contribution in [2.24, 2.45) is 0 Å². The van der Waals surface area contributed by atoms with E-state index in [4.69, 9.17) is 5.73 Å². The molecule has 106 valence electrons. The summed E-state index contributed by atoms with van der Waals surface area (Å²) < 4.78 is 0. The van der Waals surface area contributed by atoms with Crippen molar-refractivity contribution in [3.8, 4) is 0 Å². The second-order valence-corrected chi connectivity index (χ2v) is 6.93. The highest BCUT2D eigenvalue weighted by Crippen LogP contribution is 2.33. The molecular weight excluding hydrogens is 266 g/mol. The molecule has 2 atom stereocenters. The van der Waals surface area contributed by atoms with Crippen LogP contribution in [0.15, 0.2) is 30.5 Å². The molecule has 0 spiro atoms. The van der Waals surface area contributed by atoms with Crippen LogP contribution < -0.4 is 5.73 Å². The molecule has 3 rings (SSSR count). The molecule has 1 aromatic heterocycles. The maximum atomic E-state index is 5.71. The van der Waals surface area contributed by atoms with Gasteiger partial charge in [-0.3, -0.25) is 4.90 Å². The number of nitrogen functional groups attached to an aromatic ring is 1. The number of likely N-dealkylation sites (tertiary alicyclic amines) is 1. The molecule has 0 radical (unpaired) electrons. The normalized spacial score (nSPS) is 23.3. The number of thiazole rings is 1. The van der Waals surface area contributed by atoms with Gasteiger partial charge in [0.1, 0.15) is 0 Å². The van der Waals surface area contributed by atoms with Crippen LogP contribution in [-0.2, 0) is 6.54 Å². The first-order valence-electron chi connectivity index (χ1n) is 7.12. The second-order valence-electron chi connectivity index (χ2n) is 5.79. The van der Waals surface area contributed by atoms with Crippen LogP contribution in [0.2, 0.25) is 0 Å². The summed E-state index contributed by atoms with van der Waals surface area (Å²) in [5.41, 5.74) is 8.51. The van der Waals surface area contributed by atoms with Crippen molar-refractivity contribution in [2.45, 2.75) is 38.8 Å². The van der Waals surface area contributed by atoms with Gasteiger partial charge in [-0.1, -0.05) is 29.8 Å². The minimum atomic E-state index is 0.615. The van der Waals surface area contributed by atoms with Gasteiger partial charge in [0, 0.05) is 30.2 Å². The highest BCUT2D eigenvalue weighted by Gasteiger charge is 2.30. The lowest BCUT2D eigenvalue weighted by Gasteiger charge is -2.19. The van der Waals surface area contributed by atoms with E-state index in [1.165, 1.54) is 22.4 Å². The molecule has 3 nitrogen and oxygen atoms in total.